The quantitative estimate of drug-likeness (QED) is 0.621. The molecule has 0 saturated carbocycles. The molecule has 0 bridgehead atoms. The summed E-state index contributed by atoms with van der Waals surface area (Å²) in [5.74, 6) is 0.154. The number of urea groups is 1. The Morgan fingerprint density at radius 3 is 2.42 bits per heavy atom. The van der Waals surface area contributed by atoms with Gasteiger partial charge in [-0.25, -0.2) is 13.2 Å². The number of ether oxygens (including phenoxy) is 1. The number of anilines is 2. The van der Waals surface area contributed by atoms with Crippen LogP contribution in [0.25, 0.3) is 0 Å². The van der Waals surface area contributed by atoms with Crippen LogP contribution in [-0.2, 0) is 14.8 Å². The first-order valence-electron chi connectivity index (χ1n) is 7.56. The number of carbonyl (C=O) groups is 2. The highest BCUT2D eigenvalue weighted by Gasteiger charge is 2.41. The number of carbonyl (C=O) groups excluding carboxylic acids is 2. The molecule has 1 heterocycles. The summed E-state index contributed by atoms with van der Waals surface area (Å²) < 4.78 is 33.0. The zero-order valence-corrected chi connectivity index (χ0v) is 16.9. The van der Waals surface area contributed by atoms with Crippen molar-refractivity contribution in [3.8, 4) is 5.75 Å². The zero-order valence-electron chi connectivity index (χ0n) is 14.0. The van der Waals surface area contributed by atoms with Gasteiger partial charge in [-0.1, -0.05) is 0 Å². The zero-order chi connectivity index (χ0) is 19.1. The van der Waals surface area contributed by atoms with Gasteiger partial charge in [0.05, 0.1) is 11.4 Å². The van der Waals surface area contributed by atoms with E-state index in [4.69, 9.17) is 4.74 Å². The van der Waals surface area contributed by atoms with Crippen LogP contribution in [0.4, 0.5) is 16.2 Å². The van der Waals surface area contributed by atoms with Gasteiger partial charge in [0, 0.05) is 16.7 Å². The number of benzene rings is 2. The molecule has 0 aliphatic carbocycles. The maximum Gasteiger partial charge on any atom is 0.342 e. The lowest BCUT2D eigenvalue weighted by atomic mass is 10.2. The number of fused-ring (bicyclic) bond motifs is 1. The molecule has 7 nitrogen and oxygen atoms in total. The van der Waals surface area contributed by atoms with Crippen LogP contribution in [0.5, 0.6) is 5.75 Å². The van der Waals surface area contributed by atoms with E-state index in [1.807, 2.05) is 0 Å². The maximum absolute atomic E-state index is 13.0. The van der Waals surface area contributed by atoms with E-state index in [1.54, 1.807) is 24.3 Å². The normalized spacial score (nSPS) is 15.6. The third kappa shape index (κ3) is 3.28. The molecule has 0 saturated heterocycles. The van der Waals surface area contributed by atoms with Gasteiger partial charge in [0.25, 0.3) is 10.0 Å². The van der Waals surface area contributed by atoms with E-state index in [0.29, 0.717) is 5.75 Å². The fourth-order valence-corrected chi connectivity index (χ4v) is 4.50. The Hall–Kier alpha value is -2.14. The van der Waals surface area contributed by atoms with E-state index in [-0.39, 0.29) is 28.7 Å². The van der Waals surface area contributed by atoms with Crippen molar-refractivity contribution in [2.24, 2.45) is 0 Å². The average molecular weight is 486 g/mol. The van der Waals surface area contributed by atoms with E-state index < -0.39 is 16.1 Å². The van der Waals surface area contributed by atoms with Crippen LogP contribution in [0.1, 0.15) is 6.92 Å². The molecule has 0 atom stereocenters. The summed E-state index contributed by atoms with van der Waals surface area (Å²) in [7, 11) is -2.57. The van der Waals surface area contributed by atoms with Gasteiger partial charge >= 0.3 is 6.03 Å². The van der Waals surface area contributed by atoms with Crippen LogP contribution in [-0.4, -0.2) is 33.9 Å². The molecule has 0 radical (unpaired) electrons. The van der Waals surface area contributed by atoms with E-state index in [2.05, 4.69) is 22.6 Å². The van der Waals surface area contributed by atoms with Gasteiger partial charge in [-0.05, 0) is 65.9 Å². The second-order valence-electron chi connectivity index (χ2n) is 5.71. The maximum atomic E-state index is 13.0. The van der Waals surface area contributed by atoms with Crippen molar-refractivity contribution in [1.29, 1.82) is 0 Å². The lowest BCUT2D eigenvalue weighted by Gasteiger charge is -2.34. The first-order chi connectivity index (χ1) is 12.2. The first-order valence-corrected chi connectivity index (χ1v) is 10.1. The fraction of sp³-hybridized carbons (Fsp3) is 0.176. The minimum absolute atomic E-state index is 0.00618. The molecule has 9 heteroatoms. The second-order valence-corrected chi connectivity index (χ2v) is 8.71. The Kier molecular flexibility index (Phi) is 4.93. The smallest absolute Gasteiger partial charge is 0.342 e. The highest BCUT2D eigenvalue weighted by atomic mass is 127. The van der Waals surface area contributed by atoms with Gasteiger partial charge in [0.1, 0.15) is 17.3 Å². The number of Topliss-reactive ketones (excluding diaryl/α,β-unsaturated/α-hetero) is 1. The van der Waals surface area contributed by atoms with Crippen molar-refractivity contribution in [2.75, 3.05) is 22.9 Å². The highest BCUT2D eigenvalue weighted by molar-refractivity contribution is 14.1. The van der Waals surface area contributed by atoms with Crippen LogP contribution in [0.2, 0.25) is 0 Å². The lowest BCUT2D eigenvalue weighted by molar-refractivity contribution is -0.118. The molecule has 1 aliphatic rings. The van der Waals surface area contributed by atoms with Crippen molar-refractivity contribution >= 4 is 55.8 Å². The van der Waals surface area contributed by atoms with Crippen molar-refractivity contribution < 1.29 is 22.7 Å². The van der Waals surface area contributed by atoms with Gasteiger partial charge in [-0.2, -0.15) is 4.31 Å². The molecule has 0 N–H and O–H groups in total. The van der Waals surface area contributed by atoms with Crippen LogP contribution >= 0.6 is 22.6 Å². The monoisotopic (exact) mass is 486 g/mol. The summed E-state index contributed by atoms with van der Waals surface area (Å²) in [6.07, 6.45) is 0. The minimum Gasteiger partial charge on any atom is -0.486 e. The number of rotatable bonds is 4. The topological polar surface area (TPSA) is 84.0 Å². The van der Waals surface area contributed by atoms with Gasteiger partial charge in [-0.3, -0.25) is 9.69 Å². The van der Waals surface area contributed by atoms with Crippen molar-refractivity contribution in [2.45, 2.75) is 11.8 Å². The van der Waals surface area contributed by atoms with Crippen LogP contribution in [0.3, 0.4) is 0 Å². The number of amides is 2. The lowest BCUT2D eigenvalue weighted by Crippen LogP contribution is -2.49. The van der Waals surface area contributed by atoms with Crippen LogP contribution in [0, 0.1) is 3.57 Å². The fourth-order valence-electron chi connectivity index (χ4n) is 2.52. The van der Waals surface area contributed by atoms with Gasteiger partial charge in [0.2, 0.25) is 0 Å². The van der Waals surface area contributed by atoms with Gasteiger partial charge < -0.3 is 4.74 Å². The molecule has 136 valence electrons. The van der Waals surface area contributed by atoms with Crippen molar-refractivity contribution in [3.05, 3.63) is 46.0 Å². The Morgan fingerprint density at radius 2 is 1.81 bits per heavy atom. The van der Waals surface area contributed by atoms with Crippen molar-refractivity contribution in [1.82, 2.24) is 0 Å². The number of halogens is 1. The molecule has 0 spiro atoms. The summed E-state index contributed by atoms with van der Waals surface area (Å²) in [4.78, 5) is 25.0. The molecule has 0 unspecified atom stereocenters. The average Bonchev–Trinajstić information content (AvgIpc) is 2.59. The molecule has 0 aromatic heterocycles. The van der Waals surface area contributed by atoms with Gasteiger partial charge in [-0.15, -0.1) is 0 Å². The van der Waals surface area contributed by atoms with E-state index in [9.17, 15) is 18.0 Å². The highest BCUT2D eigenvalue weighted by Crippen LogP contribution is 2.38. The van der Waals surface area contributed by atoms with E-state index >= 15 is 0 Å². The summed E-state index contributed by atoms with van der Waals surface area (Å²) in [5, 5.41) is 0. The van der Waals surface area contributed by atoms with Crippen LogP contribution in [0.15, 0.2) is 47.4 Å². The largest absolute Gasteiger partial charge is 0.486 e. The molecule has 2 amide bonds. The SMILES string of the molecule is CC(=O)COc1ccc2c(c1)N(C)C(=O)N(c1ccc(I)cc1)S2(=O)=O. The number of hydrogen-bond acceptors (Lipinski definition) is 5. The Balaban J connectivity index is 2.07. The number of nitrogens with zero attached hydrogens (tertiary/aromatic N) is 2. The summed E-state index contributed by atoms with van der Waals surface area (Å²) in [6, 6.07) is 10.2. The predicted octanol–water partition coefficient (Wildman–Crippen LogP) is 3.02. The summed E-state index contributed by atoms with van der Waals surface area (Å²) in [5.41, 5.74) is 0.475. The Morgan fingerprint density at radius 1 is 1.15 bits per heavy atom. The Bertz CT molecular complexity index is 989. The molecule has 26 heavy (non-hydrogen) atoms. The first kappa shape index (κ1) is 18.6. The third-order valence-electron chi connectivity index (χ3n) is 3.77. The summed E-state index contributed by atoms with van der Waals surface area (Å²) in [6.45, 7) is 1.26. The third-order valence-corrected chi connectivity index (χ3v) is 6.24. The van der Waals surface area contributed by atoms with Crippen molar-refractivity contribution in [3.63, 3.8) is 0 Å². The molecule has 1 aliphatic heterocycles. The molecule has 0 fully saturated rings. The van der Waals surface area contributed by atoms with E-state index in [0.717, 1.165) is 7.88 Å². The van der Waals surface area contributed by atoms with Crippen LogP contribution < -0.4 is 13.9 Å². The Labute approximate surface area is 164 Å². The van der Waals surface area contributed by atoms with Gasteiger partial charge in [0.15, 0.2) is 5.78 Å². The molecule has 3 rings (SSSR count). The number of hydrogen-bond donors (Lipinski definition) is 0. The predicted molar refractivity (Wildman–Crippen MR) is 105 cm³/mol. The standard InChI is InChI=1S/C17H15IN2O5S/c1-11(21)10-25-14-7-8-16-15(9-14)19(2)17(22)20(26(16,23)24)13-5-3-12(18)4-6-13/h3-9H,10H2,1-2H3. The number of ketones is 1. The summed E-state index contributed by atoms with van der Waals surface area (Å²) >= 11 is 2.10. The van der Waals surface area contributed by atoms with E-state index in [1.165, 1.54) is 37.1 Å². The molecule has 2 aromatic carbocycles. The number of sulfonamides is 1. The molecular formula is C17H15IN2O5S. The minimum atomic E-state index is -4.06. The molecular weight excluding hydrogens is 471 g/mol. The second kappa shape index (κ2) is 6.88. The molecule has 2 aromatic rings.